The molecule has 0 saturated heterocycles. The van der Waals surface area contributed by atoms with Gasteiger partial charge in [-0.3, -0.25) is 0 Å². The first-order valence-corrected chi connectivity index (χ1v) is 5.48. The molecule has 0 aliphatic rings. The number of pyridine rings is 1. The third-order valence-electron chi connectivity index (χ3n) is 2.58. The summed E-state index contributed by atoms with van der Waals surface area (Å²) in [5.74, 6) is 0.451. The monoisotopic (exact) mass is 252 g/mol. The molecule has 18 heavy (non-hydrogen) atoms. The van der Waals surface area contributed by atoms with Crippen LogP contribution in [-0.4, -0.2) is 35.0 Å². The lowest BCUT2D eigenvalue weighted by Crippen LogP contribution is -2.20. The quantitative estimate of drug-likeness (QED) is 0.453. The Hall–Kier alpha value is -1.82. The summed E-state index contributed by atoms with van der Waals surface area (Å²) >= 11 is 0. The molecule has 2 atom stereocenters. The Morgan fingerprint density at radius 3 is 2.78 bits per heavy atom. The molecule has 2 unspecified atom stereocenters. The minimum absolute atomic E-state index is 0.136. The topological polar surface area (TPSA) is 111 Å². The van der Waals surface area contributed by atoms with E-state index in [-0.39, 0.29) is 13.0 Å². The van der Waals surface area contributed by atoms with Crippen molar-refractivity contribution in [3.05, 3.63) is 33.8 Å². The number of aryl methyl sites for hydroxylation is 1. The number of aliphatic hydroxyl groups excluding tert-OH is 2. The molecule has 0 amide bonds. The van der Waals surface area contributed by atoms with Crippen molar-refractivity contribution in [3.63, 3.8) is 0 Å². The van der Waals surface area contributed by atoms with E-state index in [9.17, 15) is 10.2 Å². The van der Waals surface area contributed by atoms with Gasteiger partial charge in [-0.25, -0.2) is 4.98 Å². The Morgan fingerprint density at radius 2 is 2.22 bits per heavy atom. The molecular formula is C11H16N4O3. The van der Waals surface area contributed by atoms with Crippen molar-refractivity contribution in [2.24, 2.45) is 5.11 Å². The fraction of sp³-hybridized carbons (Fsp3) is 0.545. The molecule has 1 rings (SSSR count). The predicted octanol–water partition coefficient (Wildman–Crippen LogP) is 1.49. The third kappa shape index (κ3) is 3.59. The van der Waals surface area contributed by atoms with Crippen molar-refractivity contribution in [1.29, 1.82) is 0 Å². The SMILES string of the molecule is COc1ccc(C(O)C(O)CCN=[N+]=[N-])c(C)n1. The number of aliphatic hydroxyl groups is 2. The molecule has 0 fully saturated rings. The van der Waals surface area contributed by atoms with Crippen LogP contribution in [0.3, 0.4) is 0 Å². The van der Waals surface area contributed by atoms with Crippen molar-refractivity contribution in [2.75, 3.05) is 13.7 Å². The molecule has 0 aliphatic carbocycles. The molecular weight excluding hydrogens is 236 g/mol. The van der Waals surface area contributed by atoms with Crippen LogP contribution in [0.2, 0.25) is 0 Å². The van der Waals surface area contributed by atoms with Gasteiger partial charge in [0.2, 0.25) is 5.88 Å². The molecule has 0 spiro atoms. The number of azide groups is 1. The van der Waals surface area contributed by atoms with E-state index in [2.05, 4.69) is 15.0 Å². The molecule has 1 aromatic heterocycles. The summed E-state index contributed by atoms with van der Waals surface area (Å²) in [7, 11) is 1.51. The van der Waals surface area contributed by atoms with E-state index in [4.69, 9.17) is 10.3 Å². The van der Waals surface area contributed by atoms with Crippen molar-refractivity contribution in [1.82, 2.24) is 4.98 Å². The summed E-state index contributed by atoms with van der Waals surface area (Å²) < 4.78 is 4.96. The Labute approximate surface area is 105 Å². The van der Waals surface area contributed by atoms with E-state index >= 15 is 0 Å². The lowest BCUT2D eigenvalue weighted by molar-refractivity contribution is 0.0144. The van der Waals surface area contributed by atoms with Gasteiger partial charge in [0.1, 0.15) is 6.10 Å². The lowest BCUT2D eigenvalue weighted by atomic mass is 10.0. The van der Waals surface area contributed by atoms with E-state index in [0.717, 1.165) is 0 Å². The maximum absolute atomic E-state index is 9.97. The number of aromatic nitrogens is 1. The van der Waals surface area contributed by atoms with Gasteiger partial charge in [-0.15, -0.1) is 0 Å². The number of hydrogen-bond acceptors (Lipinski definition) is 5. The number of ether oxygens (including phenoxy) is 1. The molecule has 7 nitrogen and oxygen atoms in total. The lowest BCUT2D eigenvalue weighted by Gasteiger charge is -2.19. The zero-order valence-electron chi connectivity index (χ0n) is 10.3. The first-order chi connectivity index (χ1) is 8.60. The van der Waals surface area contributed by atoms with E-state index in [1.165, 1.54) is 7.11 Å². The average Bonchev–Trinajstić information content (AvgIpc) is 2.38. The molecule has 2 N–H and O–H groups in total. The van der Waals surface area contributed by atoms with E-state index < -0.39 is 12.2 Å². The van der Waals surface area contributed by atoms with Gasteiger partial charge in [0.25, 0.3) is 0 Å². The van der Waals surface area contributed by atoms with Crippen LogP contribution in [0.4, 0.5) is 0 Å². The average molecular weight is 252 g/mol. The van der Waals surface area contributed by atoms with Gasteiger partial charge in [0, 0.05) is 28.8 Å². The second-order valence-electron chi connectivity index (χ2n) is 3.78. The van der Waals surface area contributed by atoms with E-state index in [1.54, 1.807) is 19.1 Å². The summed E-state index contributed by atoms with van der Waals surface area (Å²) in [6.07, 6.45) is -1.86. The Morgan fingerprint density at radius 1 is 1.50 bits per heavy atom. The minimum atomic E-state index is -1.06. The standard InChI is InChI=1S/C11H16N4O3/c1-7-8(3-4-10(14-7)18-2)11(17)9(16)5-6-13-15-12/h3-4,9,11,16-17H,5-6H2,1-2H3. The first kappa shape index (κ1) is 14.2. The molecule has 1 aromatic rings. The molecule has 1 heterocycles. The molecule has 0 aliphatic heterocycles. The van der Waals surface area contributed by atoms with Crippen molar-refractivity contribution in [3.8, 4) is 5.88 Å². The number of hydrogen-bond donors (Lipinski definition) is 2. The maximum atomic E-state index is 9.97. The molecule has 0 aromatic carbocycles. The van der Waals surface area contributed by atoms with Crippen molar-refractivity contribution < 1.29 is 14.9 Å². The van der Waals surface area contributed by atoms with Crippen LogP contribution in [0, 0.1) is 6.92 Å². The highest BCUT2D eigenvalue weighted by Gasteiger charge is 2.20. The summed E-state index contributed by atoms with van der Waals surface area (Å²) in [5, 5.41) is 23.0. The molecule has 7 heteroatoms. The number of methoxy groups -OCH3 is 1. The van der Waals surface area contributed by atoms with Crippen molar-refractivity contribution >= 4 is 0 Å². The van der Waals surface area contributed by atoms with Crippen LogP contribution < -0.4 is 4.74 Å². The Balaban J connectivity index is 2.76. The summed E-state index contributed by atoms with van der Waals surface area (Å²) in [6, 6.07) is 3.27. The van der Waals surface area contributed by atoms with E-state index in [0.29, 0.717) is 17.1 Å². The van der Waals surface area contributed by atoms with Crippen LogP contribution >= 0.6 is 0 Å². The van der Waals surface area contributed by atoms with Gasteiger partial charge in [-0.05, 0) is 24.9 Å². The van der Waals surface area contributed by atoms with Gasteiger partial charge in [0.15, 0.2) is 0 Å². The molecule has 98 valence electrons. The smallest absolute Gasteiger partial charge is 0.213 e. The molecule has 0 bridgehead atoms. The van der Waals surface area contributed by atoms with Gasteiger partial charge in [-0.2, -0.15) is 0 Å². The zero-order valence-corrected chi connectivity index (χ0v) is 10.3. The fourth-order valence-electron chi connectivity index (χ4n) is 1.57. The van der Waals surface area contributed by atoms with Gasteiger partial charge in [0.05, 0.1) is 13.2 Å². The van der Waals surface area contributed by atoms with Crippen LogP contribution in [-0.2, 0) is 0 Å². The third-order valence-corrected chi connectivity index (χ3v) is 2.58. The van der Waals surface area contributed by atoms with E-state index in [1.807, 2.05) is 0 Å². The van der Waals surface area contributed by atoms with Gasteiger partial charge >= 0.3 is 0 Å². The van der Waals surface area contributed by atoms with Crippen molar-refractivity contribution in [2.45, 2.75) is 25.6 Å². The summed E-state index contributed by atoms with van der Waals surface area (Å²) in [4.78, 5) is 6.70. The van der Waals surface area contributed by atoms with Gasteiger partial charge in [-0.1, -0.05) is 5.11 Å². The highest BCUT2D eigenvalue weighted by Crippen LogP contribution is 2.23. The second kappa shape index (κ2) is 6.80. The highest BCUT2D eigenvalue weighted by atomic mass is 16.5. The maximum Gasteiger partial charge on any atom is 0.213 e. The van der Waals surface area contributed by atoms with Crippen LogP contribution in [0.25, 0.3) is 10.4 Å². The Bertz CT molecular complexity index is 446. The molecule has 0 radical (unpaired) electrons. The predicted molar refractivity (Wildman–Crippen MR) is 65.1 cm³/mol. The highest BCUT2D eigenvalue weighted by molar-refractivity contribution is 5.27. The van der Waals surface area contributed by atoms with Crippen LogP contribution in [0.15, 0.2) is 17.2 Å². The molecule has 0 saturated carbocycles. The fourth-order valence-corrected chi connectivity index (χ4v) is 1.57. The summed E-state index contributed by atoms with van der Waals surface area (Å²) in [6.45, 7) is 1.86. The number of nitrogens with zero attached hydrogens (tertiary/aromatic N) is 4. The normalized spacial score (nSPS) is 13.6. The van der Waals surface area contributed by atoms with Crippen LogP contribution in [0.1, 0.15) is 23.8 Å². The summed E-state index contributed by atoms with van der Waals surface area (Å²) in [5.41, 5.74) is 9.25. The minimum Gasteiger partial charge on any atom is -0.481 e. The number of rotatable bonds is 6. The zero-order chi connectivity index (χ0) is 13.5. The van der Waals surface area contributed by atoms with Gasteiger partial charge < -0.3 is 14.9 Å². The largest absolute Gasteiger partial charge is 0.481 e. The van der Waals surface area contributed by atoms with Crippen LogP contribution in [0.5, 0.6) is 5.88 Å². The first-order valence-electron chi connectivity index (χ1n) is 5.48. The second-order valence-corrected chi connectivity index (χ2v) is 3.78. The Kier molecular flexibility index (Phi) is 5.38.